The highest BCUT2D eigenvalue weighted by Crippen LogP contribution is 2.11. The Morgan fingerprint density at radius 3 is 2.60 bits per heavy atom. The summed E-state index contributed by atoms with van der Waals surface area (Å²) in [7, 11) is 0. The lowest BCUT2D eigenvalue weighted by molar-refractivity contribution is -0.143. The van der Waals surface area contributed by atoms with Gasteiger partial charge in [-0.05, 0) is 19.1 Å². The molecule has 82 valence electrons. The van der Waals surface area contributed by atoms with Crippen LogP contribution in [-0.4, -0.2) is 23.2 Å². The van der Waals surface area contributed by atoms with Gasteiger partial charge in [-0.3, -0.25) is 4.79 Å². The van der Waals surface area contributed by atoms with Crippen molar-refractivity contribution in [3.63, 3.8) is 0 Å². The summed E-state index contributed by atoms with van der Waals surface area (Å²) in [4.78, 5) is 10.7. The third-order valence-electron chi connectivity index (χ3n) is 2.12. The van der Waals surface area contributed by atoms with Crippen molar-refractivity contribution in [3.05, 3.63) is 30.3 Å². The molecular formula is C11H15NO3. The number of hydrogen-bond donors (Lipinski definition) is 2. The summed E-state index contributed by atoms with van der Waals surface area (Å²) in [6.45, 7) is 1.77. The van der Waals surface area contributed by atoms with E-state index in [2.05, 4.69) is 0 Å². The van der Waals surface area contributed by atoms with E-state index in [1.54, 1.807) is 0 Å². The fourth-order valence-corrected chi connectivity index (χ4v) is 1.00. The predicted octanol–water partition coefficient (Wildman–Crippen LogP) is 1.26. The van der Waals surface area contributed by atoms with E-state index >= 15 is 0 Å². The lowest BCUT2D eigenvalue weighted by Crippen LogP contribution is -2.45. The minimum absolute atomic E-state index is 0.275. The fourth-order valence-electron chi connectivity index (χ4n) is 1.00. The van der Waals surface area contributed by atoms with Crippen molar-refractivity contribution in [1.29, 1.82) is 0 Å². The third kappa shape index (κ3) is 3.59. The van der Waals surface area contributed by atoms with Crippen molar-refractivity contribution in [2.45, 2.75) is 18.9 Å². The second-order valence-corrected chi connectivity index (χ2v) is 3.63. The molecule has 0 aliphatic heterocycles. The van der Waals surface area contributed by atoms with Gasteiger partial charge in [-0.2, -0.15) is 0 Å². The van der Waals surface area contributed by atoms with Crippen LogP contribution in [0.2, 0.25) is 0 Å². The number of carbonyl (C=O) groups is 1. The van der Waals surface area contributed by atoms with Gasteiger partial charge in [0.2, 0.25) is 0 Å². The van der Waals surface area contributed by atoms with Gasteiger partial charge in [-0.1, -0.05) is 18.2 Å². The van der Waals surface area contributed by atoms with Gasteiger partial charge in [0.05, 0.1) is 6.61 Å². The van der Waals surface area contributed by atoms with Crippen molar-refractivity contribution in [2.24, 2.45) is 5.73 Å². The first-order valence-corrected chi connectivity index (χ1v) is 4.72. The van der Waals surface area contributed by atoms with Crippen LogP contribution in [0.4, 0.5) is 0 Å². The Hall–Kier alpha value is -1.55. The molecule has 0 saturated heterocycles. The second-order valence-electron chi connectivity index (χ2n) is 3.63. The van der Waals surface area contributed by atoms with Crippen molar-refractivity contribution in [1.82, 2.24) is 0 Å². The van der Waals surface area contributed by atoms with E-state index < -0.39 is 11.5 Å². The highest BCUT2D eigenvalue weighted by Gasteiger charge is 2.27. The van der Waals surface area contributed by atoms with E-state index in [-0.39, 0.29) is 6.42 Å². The molecule has 4 heteroatoms. The first-order chi connectivity index (χ1) is 7.02. The number of benzene rings is 1. The van der Waals surface area contributed by atoms with E-state index in [9.17, 15) is 4.79 Å². The molecule has 0 heterocycles. The van der Waals surface area contributed by atoms with Crippen molar-refractivity contribution < 1.29 is 14.6 Å². The van der Waals surface area contributed by atoms with Crippen LogP contribution in [0.3, 0.4) is 0 Å². The molecule has 0 radical (unpaired) electrons. The highest BCUT2D eigenvalue weighted by atomic mass is 16.5. The normalized spacial score (nSPS) is 14.3. The summed E-state index contributed by atoms with van der Waals surface area (Å²) in [5.41, 5.74) is 4.32. The van der Waals surface area contributed by atoms with Gasteiger partial charge in [0.1, 0.15) is 11.3 Å². The Kier molecular flexibility index (Phi) is 3.68. The van der Waals surface area contributed by atoms with E-state index in [1.807, 2.05) is 30.3 Å². The number of aliphatic carboxylic acids is 1. The lowest BCUT2D eigenvalue weighted by Gasteiger charge is -2.18. The van der Waals surface area contributed by atoms with Gasteiger partial charge >= 0.3 is 5.97 Å². The van der Waals surface area contributed by atoms with Crippen LogP contribution in [0.1, 0.15) is 13.3 Å². The third-order valence-corrected chi connectivity index (χ3v) is 2.12. The molecule has 0 aromatic heterocycles. The Morgan fingerprint density at radius 1 is 1.47 bits per heavy atom. The van der Waals surface area contributed by atoms with E-state index in [0.29, 0.717) is 6.61 Å². The van der Waals surface area contributed by atoms with Crippen LogP contribution in [0.15, 0.2) is 30.3 Å². The number of carboxylic acids is 1. The molecule has 1 atom stereocenters. The smallest absolute Gasteiger partial charge is 0.323 e. The van der Waals surface area contributed by atoms with Crippen molar-refractivity contribution in [2.75, 3.05) is 6.61 Å². The maximum absolute atomic E-state index is 10.7. The summed E-state index contributed by atoms with van der Waals surface area (Å²) in [6, 6.07) is 9.22. The molecule has 0 bridgehead atoms. The molecule has 0 aliphatic rings. The summed E-state index contributed by atoms with van der Waals surface area (Å²) in [6.07, 6.45) is 0.275. The largest absolute Gasteiger partial charge is 0.494 e. The quantitative estimate of drug-likeness (QED) is 0.765. The zero-order valence-electron chi connectivity index (χ0n) is 8.64. The molecular weight excluding hydrogens is 194 g/mol. The molecule has 3 N–H and O–H groups in total. The molecule has 1 unspecified atom stereocenters. The molecule has 1 rings (SSSR count). The van der Waals surface area contributed by atoms with Gasteiger partial charge in [0.15, 0.2) is 0 Å². The minimum Gasteiger partial charge on any atom is -0.494 e. The number of rotatable bonds is 5. The average Bonchev–Trinajstić information content (AvgIpc) is 2.19. The number of ether oxygens (including phenoxy) is 1. The van der Waals surface area contributed by atoms with Gasteiger partial charge in [-0.15, -0.1) is 0 Å². The van der Waals surface area contributed by atoms with Crippen LogP contribution < -0.4 is 10.5 Å². The molecule has 15 heavy (non-hydrogen) atoms. The molecule has 1 aromatic carbocycles. The summed E-state index contributed by atoms with van der Waals surface area (Å²) in [5, 5.41) is 8.76. The zero-order valence-corrected chi connectivity index (χ0v) is 8.64. The van der Waals surface area contributed by atoms with Gasteiger partial charge in [0.25, 0.3) is 0 Å². The molecule has 4 nitrogen and oxygen atoms in total. The second kappa shape index (κ2) is 4.79. The maximum Gasteiger partial charge on any atom is 0.323 e. The van der Waals surface area contributed by atoms with Crippen LogP contribution in [-0.2, 0) is 4.79 Å². The van der Waals surface area contributed by atoms with Crippen molar-refractivity contribution >= 4 is 5.97 Å². The summed E-state index contributed by atoms with van der Waals surface area (Å²) in [5.74, 6) is -0.294. The van der Waals surface area contributed by atoms with E-state index in [4.69, 9.17) is 15.6 Å². The van der Waals surface area contributed by atoms with Crippen LogP contribution in [0.5, 0.6) is 5.75 Å². The first-order valence-electron chi connectivity index (χ1n) is 4.72. The Bertz CT molecular complexity index is 322. The number of para-hydroxylation sites is 1. The van der Waals surface area contributed by atoms with E-state index in [1.165, 1.54) is 6.92 Å². The van der Waals surface area contributed by atoms with Gasteiger partial charge < -0.3 is 15.6 Å². The SMILES string of the molecule is CC(N)(CCOc1ccccc1)C(=O)O. The summed E-state index contributed by atoms with van der Waals surface area (Å²) < 4.78 is 5.35. The molecule has 0 amide bonds. The number of hydrogen-bond acceptors (Lipinski definition) is 3. The summed E-state index contributed by atoms with van der Waals surface area (Å²) >= 11 is 0. The molecule has 0 aliphatic carbocycles. The lowest BCUT2D eigenvalue weighted by atomic mass is 10.0. The van der Waals surface area contributed by atoms with Crippen LogP contribution in [0.25, 0.3) is 0 Å². The Labute approximate surface area is 88.7 Å². The monoisotopic (exact) mass is 209 g/mol. The van der Waals surface area contributed by atoms with Crippen LogP contribution >= 0.6 is 0 Å². The Balaban J connectivity index is 2.37. The predicted molar refractivity (Wildman–Crippen MR) is 56.8 cm³/mol. The Morgan fingerprint density at radius 2 is 2.07 bits per heavy atom. The first kappa shape index (κ1) is 11.5. The number of carboxylic acid groups (broad SMARTS) is 1. The topological polar surface area (TPSA) is 72.5 Å². The van der Waals surface area contributed by atoms with Crippen LogP contribution in [0, 0.1) is 0 Å². The number of nitrogens with two attached hydrogens (primary N) is 1. The van der Waals surface area contributed by atoms with Gasteiger partial charge in [0, 0.05) is 6.42 Å². The maximum atomic E-state index is 10.7. The van der Waals surface area contributed by atoms with E-state index in [0.717, 1.165) is 5.75 Å². The standard InChI is InChI=1S/C11H15NO3/c1-11(12,10(13)14)7-8-15-9-5-3-2-4-6-9/h2-6H,7-8,12H2,1H3,(H,13,14). The highest BCUT2D eigenvalue weighted by molar-refractivity contribution is 5.77. The molecule has 0 spiro atoms. The van der Waals surface area contributed by atoms with Crippen molar-refractivity contribution in [3.8, 4) is 5.75 Å². The molecule has 0 saturated carbocycles. The van der Waals surface area contributed by atoms with Gasteiger partial charge in [-0.25, -0.2) is 0 Å². The molecule has 0 fully saturated rings. The fraction of sp³-hybridized carbons (Fsp3) is 0.364. The average molecular weight is 209 g/mol. The zero-order chi connectivity index (χ0) is 11.3. The molecule has 1 aromatic rings. The minimum atomic E-state index is -1.23.